The zero-order valence-corrected chi connectivity index (χ0v) is 22.2. The minimum absolute atomic E-state index is 0.0219. The minimum atomic E-state index is -0.707. The van der Waals surface area contributed by atoms with Crippen molar-refractivity contribution < 1.29 is 19.4 Å². The number of aliphatic hydroxyl groups is 1. The quantitative estimate of drug-likeness (QED) is 0.333. The molecule has 0 saturated carbocycles. The number of ether oxygens (including phenoxy) is 2. The summed E-state index contributed by atoms with van der Waals surface area (Å²) in [4.78, 5) is 18.7. The molecule has 2 atom stereocenters. The summed E-state index contributed by atoms with van der Waals surface area (Å²) in [6.07, 6.45) is 1.90. The van der Waals surface area contributed by atoms with Crippen LogP contribution in [0.5, 0.6) is 5.75 Å². The lowest BCUT2D eigenvalue weighted by molar-refractivity contribution is -0.136. The molecule has 1 aliphatic heterocycles. The topological polar surface area (TPSA) is 62.2 Å². The second kappa shape index (κ2) is 13.5. The van der Waals surface area contributed by atoms with Gasteiger partial charge in [0.15, 0.2) is 0 Å². The summed E-state index contributed by atoms with van der Waals surface area (Å²) >= 11 is 1.74. The van der Waals surface area contributed by atoms with E-state index >= 15 is 0 Å². The van der Waals surface area contributed by atoms with Crippen molar-refractivity contribution in [2.75, 3.05) is 39.4 Å². The largest absolute Gasteiger partial charge is 0.491 e. The first-order chi connectivity index (χ1) is 18.0. The molecule has 0 saturated heterocycles. The number of benzene rings is 2. The Morgan fingerprint density at radius 1 is 1.22 bits per heavy atom. The third-order valence-electron chi connectivity index (χ3n) is 6.48. The van der Waals surface area contributed by atoms with Crippen LogP contribution in [0.3, 0.4) is 0 Å². The number of aryl methyl sites for hydroxylation is 1. The molecule has 7 heteroatoms. The highest BCUT2D eigenvalue weighted by Gasteiger charge is 2.33. The van der Waals surface area contributed by atoms with Crippen LogP contribution in [0.25, 0.3) is 0 Å². The normalized spacial score (nSPS) is 15.9. The summed E-state index contributed by atoms with van der Waals surface area (Å²) in [5.74, 6) is 0.820. The summed E-state index contributed by atoms with van der Waals surface area (Å²) < 4.78 is 11.8. The van der Waals surface area contributed by atoms with E-state index in [1.807, 2.05) is 71.3 Å². The fourth-order valence-electron chi connectivity index (χ4n) is 4.59. The Balaban J connectivity index is 1.35. The van der Waals surface area contributed by atoms with Gasteiger partial charge in [0.1, 0.15) is 12.4 Å². The highest BCUT2D eigenvalue weighted by Crippen LogP contribution is 2.34. The molecule has 1 aromatic heterocycles. The lowest BCUT2D eigenvalue weighted by Gasteiger charge is -2.37. The molecule has 4 rings (SSSR count). The molecule has 37 heavy (non-hydrogen) atoms. The van der Waals surface area contributed by atoms with Crippen LogP contribution >= 0.6 is 11.3 Å². The SMILES string of the molecule is C=CCN(CC(=O)N1CCc2sccc2C1COc1ccc(C)cc1)CC(O)COCc1ccccc1. The summed E-state index contributed by atoms with van der Waals surface area (Å²) in [7, 11) is 0. The Labute approximate surface area is 223 Å². The number of thiophene rings is 1. The number of fused-ring (bicyclic) bond motifs is 1. The van der Waals surface area contributed by atoms with Crippen LogP contribution in [-0.2, 0) is 22.6 Å². The molecule has 0 bridgehead atoms. The minimum Gasteiger partial charge on any atom is -0.491 e. The lowest BCUT2D eigenvalue weighted by atomic mass is 10.0. The molecule has 2 unspecified atom stereocenters. The molecule has 2 heterocycles. The van der Waals surface area contributed by atoms with Crippen LogP contribution in [0, 0.1) is 6.92 Å². The van der Waals surface area contributed by atoms with E-state index in [1.54, 1.807) is 17.4 Å². The molecule has 0 radical (unpaired) electrons. The number of carbonyl (C=O) groups excluding carboxylic acids is 1. The van der Waals surface area contributed by atoms with Crippen LogP contribution in [0.1, 0.15) is 27.6 Å². The first-order valence-corrected chi connectivity index (χ1v) is 13.6. The van der Waals surface area contributed by atoms with Crippen molar-refractivity contribution in [3.63, 3.8) is 0 Å². The summed E-state index contributed by atoms with van der Waals surface area (Å²) in [5.41, 5.74) is 3.41. The number of aliphatic hydroxyl groups excluding tert-OH is 1. The fraction of sp³-hybridized carbons (Fsp3) is 0.367. The van der Waals surface area contributed by atoms with Gasteiger partial charge < -0.3 is 19.5 Å². The molecule has 0 aliphatic carbocycles. The van der Waals surface area contributed by atoms with Gasteiger partial charge in [0, 0.05) is 24.5 Å². The van der Waals surface area contributed by atoms with Gasteiger partial charge in [0.05, 0.1) is 31.9 Å². The van der Waals surface area contributed by atoms with Gasteiger partial charge >= 0.3 is 0 Å². The van der Waals surface area contributed by atoms with E-state index in [0.29, 0.717) is 32.8 Å². The first-order valence-electron chi connectivity index (χ1n) is 12.7. The molecule has 3 aromatic rings. The summed E-state index contributed by atoms with van der Waals surface area (Å²) in [5, 5.41) is 12.7. The Hall–Kier alpha value is -2.97. The van der Waals surface area contributed by atoms with Crippen molar-refractivity contribution >= 4 is 17.2 Å². The highest BCUT2D eigenvalue weighted by molar-refractivity contribution is 7.10. The van der Waals surface area contributed by atoms with E-state index in [-0.39, 0.29) is 25.1 Å². The average Bonchev–Trinajstić information content (AvgIpc) is 3.38. The van der Waals surface area contributed by atoms with Crippen LogP contribution in [0.4, 0.5) is 0 Å². The van der Waals surface area contributed by atoms with Crippen molar-refractivity contribution in [3.8, 4) is 5.75 Å². The second-order valence-electron chi connectivity index (χ2n) is 9.41. The Morgan fingerprint density at radius 2 is 2.00 bits per heavy atom. The number of carbonyl (C=O) groups is 1. The molecule has 0 spiro atoms. The van der Waals surface area contributed by atoms with E-state index in [4.69, 9.17) is 9.47 Å². The number of amides is 1. The Morgan fingerprint density at radius 3 is 2.76 bits per heavy atom. The van der Waals surface area contributed by atoms with Gasteiger partial charge in [-0.25, -0.2) is 0 Å². The molecular formula is C30H36N2O4S. The molecule has 1 N–H and O–H groups in total. The molecule has 2 aromatic carbocycles. The first kappa shape index (κ1) is 27.1. The van der Waals surface area contributed by atoms with E-state index in [2.05, 4.69) is 18.0 Å². The second-order valence-corrected chi connectivity index (χ2v) is 10.4. The van der Waals surface area contributed by atoms with Crippen molar-refractivity contribution in [3.05, 3.63) is 100 Å². The van der Waals surface area contributed by atoms with Crippen molar-refractivity contribution in [1.82, 2.24) is 9.80 Å². The van der Waals surface area contributed by atoms with Gasteiger partial charge in [-0.2, -0.15) is 0 Å². The van der Waals surface area contributed by atoms with Crippen molar-refractivity contribution in [2.45, 2.75) is 32.1 Å². The monoisotopic (exact) mass is 520 g/mol. The third-order valence-corrected chi connectivity index (χ3v) is 7.48. The maximum absolute atomic E-state index is 13.5. The molecule has 1 amide bonds. The predicted molar refractivity (Wildman–Crippen MR) is 148 cm³/mol. The third kappa shape index (κ3) is 7.76. The van der Waals surface area contributed by atoms with Crippen molar-refractivity contribution in [1.29, 1.82) is 0 Å². The van der Waals surface area contributed by atoms with Crippen LogP contribution in [0.2, 0.25) is 0 Å². The van der Waals surface area contributed by atoms with Gasteiger partial charge in [-0.3, -0.25) is 9.69 Å². The van der Waals surface area contributed by atoms with E-state index in [1.165, 1.54) is 16.0 Å². The average molecular weight is 521 g/mol. The smallest absolute Gasteiger partial charge is 0.237 e. The predicted octanol–water partition coefficient (Wildman–Crippen LogP) is 4.63. The van der Waals surface area contributed by atoms with Crippen LogP contribution < -0.4 is 4.74 Å². The Bertz CT molecular complexity index is 1130. The van der Waals surface area contributed by atoms with Gasteiger partial charge in [0.2, 0.25) is 5.91 Å². The zero-order valence-electron chi connectivity index (χ0n) is 21.4. The zero-order chi connectivity index (χ0) is 26.0. The van der Waals surface area contributed by atoms with Crippen LogP contribution in [-0.4, -0.2) is 66.3 Å². The van der Waals surface area contributed by atoms with Gasteiger partial charge in [-0.15, -0.1) is 17.9 Å². The standard InChI is InChI=1S/C30H36N2O4S/c1-3-15-31(18-25(33)21-35-20-24-7-5-4-6-8-24)19-30(34)32-16-13-29-27(14-17-37-29)28(32)22-36-26-11-9-23(2)10-12-26/h3-12,14,17,25,28,33H,1,13,15-16,18-22H2,2H3. The van der Waals surface area contributed by atoms with Gasteiger partial charge in [-0.05, 0) is 48.1 Å². The van der Waals surface area contributed by atoms with Gasteiger partial charge in [0.25, 0.3) is 0 Å². The number of rotatable bonds is 13. The maximum atomic E-state index is 13.5. The van der Waals surface area contributed by atoms with Gasteiger partial charge in [-0.1, -0.05) is 54.1 Å². The lowest BCUT2D eigenvalue weighted by Crippen LogP contribution is -2.48. The number of nitrogens with zero attached hydrogens (tertiary/aromatic N) is 2. The molecule has 0 fully saturated rings. The van der Waals surface area contributed by atoms with E-state index < -0.39 is 6.10 Å². The molecular weight excluding hydrogens is 484 g/mol. The number of hydrogen-bond donors (Lipinski definition) is 1. The molecule has 6 nitrogen and oxygen atoms in total. The number of hydrogen-bond acceptors (Lipinski definition) is 6. The highest BCUT2D eigenvalue weighted by atomic mass is 32.1. The summed E-state index contributed by atoms with van der Waals surface area (Å²) in [6.45, 7) is 8.61. The van der Waals surface area contributed by atoms with E-state index in [9.17, 15) is 9.90 Å². The Kier molecular flexibility index (Phi) is 9.91. The molecule has 196 valence electrons. The van der Waals surface area contributed by atoms with Crippen molar-refractivity contribution in [2.24, 2.45) is 0 Å². The molecule has 1 aliphatic rings. The van der Waals surface area contributed by atoms with E-state index in [0.717, 1.165) is 17.7 Å². The van der Waals surface area contributed by atoms with Crippen LogP contribution in [0.15, 0.2) is 78.7 Å². The maximum Gasteiger partial charge on any atom is 0.237 e. The fourth-order valence-corrected chi connectivity index (χ4v) is 5.52. The summed E-state index contributed by atoms with van der Waals surface area (Å²) in [6, 6.07) is 19.8.